The molecule has 0 saturated carbocycles. The fraction of sp³-hybridized carbons (Fsp3) is 0.565. The molecule has 2 N–H and O–H groups in total. The molecule has 0 unspecified atom stereocenters. The molecule has 2 aliphatic rings. The Labute approximate surface area is 223 Å². The van der Waals surface area contributed by atoms with Crippen molar-refractivity contribution in [2.24, 2.45) is 0 Å². The van der Waals surface area contributed by atoms with Crippen molar-refractivity contribution in [3.05, 3.63) is 46.2 Å². The summed E-state index contributed by atoms with van der Waals surface area (Å²) >= 11 is 1.76. The Balaban J connectivity index is 0.000000317. The minimum atomic E-state index is -5.08. The quantitative estimate of drug-likeness (QED) is 0.489. The maximum absolute atomic E-state index is 10.6. The van der Waals surface area contributed by atoms with Gasteiger partial charge in [-0.05, 0) is 37.9 Å². The summed E-state index contributed by atoms with van der Waals surface area (Å²) in [7, 11) is 0. The molecule has 1 spiro atoms. The van der Waals surface area contributed by atoms with Crippen LogP contribution in [0.5, 0.6) is 0 Å². The Kier molecular flexibility index (Phi) is 11.6. The van der Waals surface area contributed by atoms with Crippen molar-refractivity contribution in [3.63, 3.8) is 0 Å². The number of aromatic nitrogens is 2. The van der Waals surface area contributed by atoms with Crippen LogP contribution < -0.4 is 0 Å². The highest BCUT2D eigenvalue weighted by Gasteiger charge is 2.44. The van der Waals surface area contributed by atoms with E-state index in [-0.39, 0.29) is 11.7 Å². The number of rotatable bonds is 5. The van der Waals surface area contributed by atoms with Gasteiger partial charge in [0.1, 0.15) is 0 Å². The summed E-state index contributed by atoms with van der Waals surface area (Å²) in [5.41, 5.74) is 4.19. The number of aliphatic carboxylic acids is 2. The summed E-state index contributed by atoms with van der Waals surface area (Å²) in [5.74, 6) is -5.51. The zero-order valence-electron chi connectivity index (χ0n) is 20.7. The number of ether oxygens (including phenoxy) is 2. The third-order valence-corrected chi connectivity index (χ3v) is 6.62. The van der Waals surface area contributed by atoms with E-state index in [0.29, 0.717) is 13.2 Å². The number of piperidine rings is 1. The molecule has 0 aliphatic carbocycles. The number of hydrogen-bond donors (Lipinski definition) is 2. The highest BCUT2D eigenvalue weighted by Crippen LogP contribution is 2.36. The number of halogens is 6. The molecular formula is C23H27F6N3O6S. The third-order valence-electron chi connectivity index (χ3n) is 5.70. The monoisotopic (exact) mass is 587 g/mol. The first-order valence-electron chi connectivity index (χ1n) is 11.5. The molecule has 2 aromatic heterocycles. The lowest BCUT2D eigenvalue weighted by Gasteiger charge is -2.39. The molecule has 39 heavy (non-hydrogen) atoms. The smallest absolute Gasteiger partial charge is 0.475 e. The van der Waals surface area contributed by atoms with Crippen LogP contribution in [0.4, 0.5) is 26.3 Å². The Morgan fingerprint density at radius 2 is 1.85 bits per heavy atom. The van der Waals surface area contributed by atoms with E-state index in [4.69, 9.17) is 29.3 Å². The van der Waals surface area contributed by atoms with Gasteiger partial charge in [0.25, 0.3) is 0 Å². The lowest BCUT2D eigenvalue weighted by Crippen LogP contribution is -2.47. The molecule has 16 heteroatoms. The predicted octanol–water partition coefficient (Wildman–Crippen LogP) is 4.45. The van der Waals surface area contributed by atoms with Crippen LogP contribution >= 0.6 is 11.3 Å². The molecule has 4 heterocycles. The van der Waals surface area contributed by atoms with Crippen molar-refractivity contribution < 1.29 is 55.6 Å². The number of carboxylic acids is 2. The van der Waals surface area contributed by atoms with Gasteiger partial charge < -0.3 is 19.7 Å². The minimum absolute atomic E-state index is 0.0313. The lowest BCUT2D eigenvalue weighted by atomic mass is 9.89. The summed E-state index contributed by atoms with van der Waals surface area (Å²) < 4.78 is 75.8. The number of aryl methyl sites for hydroxylation is 1. The maximum atomic E-state index is 10.6. The van der Waals surface area contributed by atoms with Gasteiger partial charge in [-0.2, -0.15) is 26.3 Å². The van der Waals surface area contributed by atoms with Crippen LogP contribution in [0.15, 0.2) is 30.0 Å². The van der Waals surface area contributed by atoms with E-state index in [0.717, 1.165) is 43.7 Å². The van der Waals surface area contributed by atoms with Crippen LogP contribution in [0.2, 0.25) is 0 Å². The van der Waals surface area contributed by atoms with Gasteiger partial charge in [0.2, 0.25) is 0 Å². The fourth-order valence-electron chi connectivity index (χ4n) is 3.90. The standard InChI is InChI=1S/C19H25N3O2S.2C2HF3O2/c1-15-18(25-14-21-15)10-22-7-3-5-19(13-22)8-17(12-24-19)23-11-16-4-2-6-20-9-16;2*3-2(4,5)1(6)7/h2,4,6,9,14,17H,3,5,7-8,10-13H2,1H3;2*(H,6,7)/t17-,19-;;/m0../s1. The minimum Gasteiger partial charge on any atom is -0.475 e. The molecule has 0 amide bonds. The first kappa shape index (κ1) is 32.4. The number of hydrogen-bond acceptors (Lipinski definition) is 8. The molecule has 2 aliphatic heterocycles. The third kappa shape index (κ3) is 11.1. The van der Waals surface area contributed by atoms with E-state index >= 15 is 0 Å². The Morgan fingerprint density at radius 1 is 1.21 bits per heavy atom. The first-order valence-corrected chi connectivity index (χ1v) is 12.4. The van der Waals surface area contributed by atoms with Gasteiger partial charge in [0, 0.05) is 36.8 Å². The van der Waals surface area contributed by atoms with Crippen molar-refractivity contribution in [2.75, 3.05) is 19.7 Å². The fourth-order valence-corrected chi connectivity index (χ4v) is 4.72. The predicted molar refractivity (Wildman–Crippen MR) is 125 cm³/mol. The molecule has 2 saturated heterocycles. The van der Waals surface area contributed by atoms with E-state index in [9.17, 15) is 26.3 Å². The highest BCUT2D eigenvalue weighted by molar-refractivity contribution is 7.09. The van der Waals surface area contributed by atoms with E-state index in [1.165, 1.54) is 11.3 Å². The van der Waals surface area contributed by atoms with Crippen LogP contribution in [-0.4, -0.2) is 80.8 Å². The van der Waals surface area contributed by atoms with Gasteiger partial charge in [-0.25, -0.2) is 14.6 Å². The number of alkyl halides is 6. The number of likely N-dealkylation sites (tertiary alicyclic amines) is 1. The molecule has 218 valence electrons. The van der Waals surface area contributed by atoms with Crippen LogP contribution in [0.1, 0.15) is 35.4 Å². The van der Waals surface area contributed by atoms with Crippen molar-refractivity contribution >= 4 is 23.3 Å². The zero-order valence-corrected chi connectivity index (χ0v) is 21.5. The van der Waals surface area contributed by atoms with Crippen LogP contribution in [-0.2, 0) is 32.2 Å². The van der Waals surface area contributed by atoms with Gasteiger partial charge in [-0.15, -0.1) is 11.3 Å². The molecule has 0 radical (unpaired) electrons. The topological polar surface area (TPSA) is 122 Å². The lowest BCUT2D eigenvalue weighted by molar-refractivity contribution is -0.193. The second-order valence-electron chi connectivity index (χ2n) is 8.77. The number of nitrogens with zero attached hydrogens (tertiary/aromatic N) is 3. The molecule has 4 rings (SSSR count). The second-order valence-corrected chi connectivity index (χ2v) is 9.71. The summed E-state index contributed by atoms with van der Waals surface area (Å²) in [4.78, 5) is 30.2. The molecule has 2 aromatic rings. The van der Waals surface area contributed by atoms with Crippen molar-refractivity contribution in [2.45, 2.75) is 63.4 Å². The zero-order chi connectivity index (χ0) is 29.3. The largest absolute Gasteiger partial charge is 0.490 e. The van der Waals surface area contributed by atoms with Crippen molar-refractivity contribution in [3.8, 4) is 0 Å². The number of carbonyl (C=O) groups is 2. The van der Waals surface area contributed by atoms with Gasteiger partial charge in [-0.3, -0.25) is 9.88 Å². The van der Waals surface area contributed by atoms with E-state index in [1.807, 2.05) is 17.8 Å². The summed E-state index contributed by atoms with van der Waals surface area (Å²) in [6.45, 7) is 6.54. The molecule has 2 atom stereocenters. The van der Waals surface area contributed by atoms with Crippen molar-refractivity contribution in [1.82, 2.24) is 14.9 Å². The summed E-state index contributed by atoms with van der Waals surface area (Å²) in [6.07, 6.45) is -3.01. The Morgan fingerprint density at radius 3 is 2.36 bits per heavy atom. The van der Waals surface area contributed by atoms with E-state index in [2.05, 4.69) is 27.9 Å². The SMILES string of the molecule is Cc1ncsc1CN1CCC[C@]2(C[C@H](OCc3cccnc3)CO2)C1.O=C(O)C(F)(F)F.O=C(O)C(F)(F)F. The second kappa shape index (κ2) is 14.0. The molecule has 0 aromatic carbocycles. The van der Waals surface area contributed by atoms with Crippen molar-refractivity contribution in [1.29, 1.82) is 0 Å². The van der Waals surface area contributed by atoms with Crippen LogP contribution in [0.25, 0.3) is 0 Å². The Bertz CT molecular complexity index is 1040. The molecule has 0 bridgehead atoms. The van der Waals surface area contributed by atoms with Gasteiger partial charge in [0.05, 0.1) is 36.1 Å². The molecule has 2 fully saturated rings. The van der Waals surface area contributed by atoms with Crippen LogP contribution in [0.3, 0.4) is 0 Å². The highest BCUT2D eigenvalue weighted by atomic mass is 32.1. The maximum Gasteiger partial charge on any atom is 0.490 e. The van der Waals surface area contributed by atoms with E-state index in [1.54, 1.807) is 17.5 Å². The van der Waals surface area contributed by atoms with Crippen LogP contribution in [0, 0.1) is 6.92 Å². The molecule has 9 nitrogen and oxygen atoms in total. The normalized spacial score (nSPS) is 21.5. The summed E-state index contributed by atoms with van der Waals surface area (Å²) in [5, 5.41) is 14.2. The molecular weight excluding hydrogens is 560 g/mol. The number of pyridine rings is 1. The van der Waals surface area contributed by atoms with Gasteiger partial charge >= 0.3 is 24.3 Å². The van der Waals surface area contributed by atoms with Gasteiger partial charge in [0.15, 0.2) is 0 Å². The first-order chi connectivity index (χ1) is 18.1. The summed E-state index contributed by atoms with van der Waals surface area (Å²) in [6, 6.07) is 4.00. The number of thiazole rings is 1. The Hall–Kier alpha value is -2.82. The van der Waals surface area contributed by atoms with Gasteiger partial charge in [-0.1, -0.05) is 6.07 Å². The average molecular weight is 588 g/mol. The van der Waals surface area contributed by atoms with E-state index < -0.39 is 24.3 Å². The number of carboxylic acid groups (broad SMARTS) is 2. The average Bonchev–Trinajstić information content (AvgIpc) is 3.43.